The molecule has 0 amide bonds. The van der Waals surface area contributed by atoms with Gasteiger partial charge in [0, 0.05) is 45.8 Å². The van der Waals surface area contributed by atoms with E-state index in [2.05, 4.69) is 31.1 Å². The highest BCUT2D eigenvalue weighted by Crippen LogP contribution is 2.15. The fraction of sp³-hybridized carbons (Fsp3) is 0.722. The molecule has 1 aromatic heterocycles. The molecule has 0 spiro atoms. The van der Waals surface area contributed by atoms with Crippen LogP contribution in [0.1, 0.15) is 38.9 Å². The Kier molecular flexibility index (Phi) is 10.4. The first-order valence-electron chi connectivity index (χ1n) is 8.81. The van der Waals surface area contributed by atoms with Crippen LogP contribution in [-0.4, -0.2) is 50.3 Å². The predicted octanol–water partition coefficient (Wildman–Crippen LogP) is 3.54. The average Bonchev–Trinajstić information content (AvgIpc) is 3.08. The minimum Gasteiger partial charge on any atom is -0.469 e. The van der Waals surface area contributed by atoms with E-state index in [-0.39, 0.29) is 24.0 Å². The number of halogens is 1. The second-order valence-corrected chi connectivity index (χ2v) is 6.42. The standard InChI is InChI=1S/C18H31N3O2.HI/c1-4-15(2)20-18(19-10-7-17-6-5-11-23-17)21(3)14-16-8-12-22-13-9-16;/h5-6,11,15-16H,4,7-10,12-14H2,1-3H3,(H,19,20);1H. The number of ether oxygens (including phenoxy) is 1. The third-order valence-corrected chi connectivity index (χ3v) is 4.42. The normalized spacial score (nSPS) is 17.2. The molecule has 0 aliphatic carbocycles. The zero-order chi connectivity index (χ0) is 16.5. The van der Waals surface area contributed by atoms with Crippen molar-refractivity contribution >= 4 is 29.9 Å². The van der Waals surface area contributed by atoms with E-state index in [1.807, 2.05) is 12.1 Å². The maximum absolute atomic E-state index is 5.46. The predicted molar refractivity (Wildman–Crippen MR) is 109 cm³/mol. The Balaban J connectivity index is 0.00000288. The third kappa shape index (κ3) is 7.42. The second kappa shape index (κ2) is 11.7. The molecular weight excluding hydrogens is 417 g/mol. The van der Waals surface area contributed by atoms with E-state index in [1.165, 1.54) is 0 Å². The molecule has 1 unspecified atom stereocenters. The smallest absolute Gasteiger partial charge is 0.193 e. The first-order valence-corrected chi connectivity index (χ1v) is 8.81. The number of nitrogens with one attached hydrogen (secondary N) is 1. The first-order chi connectivity index (χ1) is 11.2. The van der Waals surface area contributed by atoms with Crippen molar-refractivity contribution in [3.8, 4) is 0 Å². The molecule has 6 heteroatoms. The number of nitrogens with zero attached hydrogens (tertiary/aromatic N) is 2. The van der Waals surface area contributed by atoms with Crippen LogP contribution in [0, 0.1) is 5.92 Å². The van der Waals surface area contributed by atoms with Crippen LogP contribution in [-0.2, 0) is 11.2 Å². The summed E-state index contributed by atoms with van der Waals surface area (Å²) < 4.78 is 10.8. The van der Waals surface area contributed by atoms with E-state index in [4.69, 9.17) is 14.1 Å². The van der Waals surface area contributed by atoms with Crippen LogP contribution in [0.5, 0.6) is 0 Å². The molecule has 1 fully saturated rings. The van der Waals surface area contributed by atoms with Gasteiger partial charge in [-0.15, -0.1) is 24.0 Å². The van der Waals surface area contributed by atoms with Gasteiger partial charge in [0.15, 0.2) is 5.96 Å². The maximum Gasteiger partial charge on any atom is 0.193 e. The molecule has 24 heavy (non-hydrogen) atoms. The van der Waals surface area contributed by atoms with E-state index < -0.39 is 0 Å². The minimum atomic E-state index is 0. The first kappa shape index (κ1) is 21.3. The van der Waals surface area contributed by atoms with Crippen molar-refractivity contribution in [2.75, 3.05) is 33.4 Å². The highest BCUT2D eigenvalue weighted by Gasteiger charge is 2.18. The van der Waals surface area contributed by atoms with Gasteiger partial charge in [-0.25, -0.2) is 0 Å². The van der Waals surface area contributed by atoms with Gasteiger partial charge >= 0.3 is 0 Å². The van der Waals surface area contributed by atoms with Gasteiger partial charge in [-0.3, -0.25) is 4.99 Å². The highest BCUT2D eigenvalue weighted by atomic mass is 127. The van der Waals surface area contributed by atoms with E-state index in [0.29, 0.717) is 12.0 Å². The van der Waals surface area contributed by atoms with Crippen molar-refractivity contribution in [2.45, 2.75) is 45.6 Å². The van der Waals surface area contributed by atoms with Crippen LogP contribution < -0.4 is 5.32 Å². The number of aliphatic imine (C=N–C) groups is 1. The second-order valence-electron chi connectivity index (χ2n) is 6.42. The van der Waals surface area contributed by atoms with Gasteiger partial charge in [-0.1, -0.05) is 6.92 Å². The van der Waals surface area contributed by atoms with Crippen LogP contribution >= 0.6 is 24.0 Å². The Labute approximate surface area is 163 Å². The molecule has 1 aliphatic heterocycles. The van der Waals surface area contributed by atoms with Gasteiger partial charge in [-0.2, -0.15) is 0 Å². The summed E-state index contributed by atoms with van der Waals surface area (Å²) in [5, 5.41) is 3.55. The lowest BCUT2D eigenvalue weighted by atomic mass is 10.00. The lowest BCUT2D eigenvalue weighted by Gasteiger charge is -2.30. The summed E-state index contributed by atoms with van der Waals surface area (Å²) >= 11 is 0. The van der Waals surface area contributed by atoms with Crippen LogP contribution in [0.15, 0.2) is 27.8 Å². The summed E-state index contributed by atoms with van der Waals surface area (Å²) in [5.74, 6) is 2.68. The molecule has 1 aliphatic rings. The van der Waals surface area contributed by atoms with E-state index in [9.17, 15) is 0 Å². The van der Waals surface area contributed by atoms with Gasteiger partial charge in [0.25, 0.3) is 0 Å². The number of guanidine groups is 1. The topological polar surface area (TPSA) is 50.0 Å². The van der Waals surface area contributed by atoms with Gasteiger partial charge in [0.05, 0.1) is 6.26 Å². The molecular formula is C18H32IN3O2. The van der Waals surface area contributed by atoms with Crippen molar-refractivity contribution in [1.29, 1.82) is 0 Å². The lowest BCUT2D eigenvalue weighted by molar-refractivity contribution is 0.0609. The molecule has 1 N–H and O–H groups in total. The Bertz CT molecular complexity index is 459. The van der Waals surface area contributed by atoms with Crippen molar-refractivity contribution in [3.63, 3.8) is 0 Å². The van der Waals surface area contributed by atoms with Crippen LogP contribution in [0.25, 0.3) is 0 Å². The quantitative estimate of drug-likeness (QED) is 0.393. The average molecular weight is 449 g/mol. The molecule has 0 saturated carbocycles. The highest BCUT2D eigenvalue weighted by molar-refractivity contribution is 14.0. The molecule has 5 nitrogen and oxygen atoms in total. The molecule has 0 bridgehead atoms. The summed E-state index contributed by atoms with van der Waals surface area (Å²) in [4.78, 5) is 7.06. The van der Waals surface area contributed by atoms with Crippen LogP contribution in [0.4, 0.5) is 0 Å². The third-order valence-electron chi connectivity index (χ3n) is 4.42. The van der Waals surface area contributed by atoms with E-state index in [1.54, 1.807) is 6.26 Å². The summed E-state index contributed by atoms with van der Waals surface area (Å²) in [6.45, 7) is 7.95. The lowest BCUT2D eigenvalue weighted by Crippen LogP contribution is -2.45. The summed E-state index contributed by atoms with van der Waals surface area (Å²) in [7, 11) is 2.14. The monoisotopic (exact) mass is 449 g/mol. The molecule has 2 heterocycles. The van der Waals surface area contributed by atoms with Gasteiger partial charge in [-0.05, 0) is 44.2 Å². The van der Waals surface area contributed by atoms with Gasteiger partial charge in [0.1, 0.15) is 5.76 Å². The Morgan fingerprint density at radius 2 is 2.17 bits per heavy atom. The SMILES string of the molecule is CCC(C)NC(=NCCc1ccco1)N(C)CC1CCOCC1.I. The zero-order valence-electron chi connectivity index (χ0n) is 15.2. The van der Waals surface area contributed by atoms with Crippen molar-refractivity contribution in [2.24, 2.45) is 10.9 Å². The number of furan rings is 1. The molecule has 1 saturated heterocycles. The van der Waals surface area contributed by atoms with Crippen LogP contribution in [0.2, 0.25) is 0 Å². The molecule has 1 aromatic rings. The molecule has 0 aromatic carbocycles. The molecule has 2 rings (SSSR count). The van der Waals surface area contributed by atoms with Gasteiger partial charge < -0.3 is 19.4 Å². The number of hydrogen-bond acceptors (Lipinski definition) is 3. The largest absolute Gasteiger partial charge is 0.469 e. The zero-order valence-corrected chi connectivity index (χ0v) is 17.5. The fourth-order valence-electron chi connectivity index (χ4n) is 2.73. The maximum atomic E-state index is 5.46. The Hall–Kier alpha value is -0.760. The summed E-state index contributed by atoms with van der Waals surface area (Å²) in [5.41, 5.74) is 0. The summed E-state index contributed by atoms with van der Waals surface area (Å²) in [6, 6.07) is 4.35. The van der Waals surface area contributed by atoms with Crippen molar-refractivity contribution < 1.29 is 9.15 Å². The van der Waals surface area contributed by atoms with Crippen LogP contribution in [0.3, 0.4) is 0 Å². The molecule has 0 radical (unpaired) electrons. The van der Waals surface area contributed by atoms with E-state index in [0.717, 1.165) is 63.7 Å². The molecule has 138 valence electrons. The Morgan fingerprint density at radius 3 is 2.79 bits per heavy atom. The number of rotatable bonds is 7. The van der Waals surface area contributed by atoms with Gasteiger partial charge in [0.2, 0.25) is 0 Å². The van der Waals surface area contributed by atoms with E-state index >= 15 is 0 Å². The summed E-state index contributed by atoms with van der Waals surface area (Å²) in [6.07, 6.45) is 5.93. The minimum absolute atomic E-state index is 0. The fourth-order valence-corrected chi connectivity index (χ4v) is 2.73. The Morgan fingerprint density at radius 1 is 1.42 bits per heavy atom. The number of hydrogen-bond donors (Lipinski definition) is 1. The van der Waals surface area contributed by atoms with Crippen molar-refractivity contribution in [3.05, 3.63) is 24.2 Å². The van der Waals surface area contributed by atoms with Crippen molar-refractivity contribution in [1.82, 2.24) is 10.2 Å². The molecule has 1 atom stereocenters.